The molecule has 0 saturated heterocycles. The lowest BCUT2D eigenvalue weighted by Gasteiger charge is -2.13. The van der Waals surface area contributed by atoms with E-state index in [2.05, 4.69) is 5.32 Å². The first kappa shape index (κ1) is 11.3. The van der Waals surface area contributed by atoms with Gasteiger partial charge in [-0.15, -0.1) is 0 Å². The predicted molar refractivity (Wildman–Crippen MR) is 66.2 cm³/mol. The van der Waals surface area contributed by atoms with Gasteiger partial charge in [-0.05, 0) is 18.2 Å². The van der Waals surface area contributed by atoms with Gasteiger partial charge in [-0.1, -0.05) is 17.7 Å². The summed E-state index contributed by atoms with van der Waals surface area (Å²) in [6.07, 6.45) is 1.61. The number of hydrogen-bond donors (Lipinski definition) is 2. The fourth-order valence-electron chi connectivity index (χ4n) is 1.52. The Kier molecular flexibility index (Phi) is 2.82. The molecule has 0 bridgehead atoms. The van der Waals surface area contributed by atoms with E-state index in [4.69, 9.17) is 17.3 Å². The average Bonchev–Trinajstić information content (AvgIpc) is 2.52. The SMILES string of the molecule is Nc1ccc(Cl)cc1NC1C=CS(=O)(=O)C1. The zero-order valence-electron chi connectivity index (χ0n) is 8.35. The standard InChI is InChI=1S/C10H11ClN2O2S/c11-7-1-2-9(12)10(5-7)13-8-3-4-16(14,15)6-8/h1-5,8,13H,6,12H2. The van der Waals surface area contributed by atoms with E-state index >= 15 is 0 Å². The average molecular weight is 259 g/mol. The third-order valence-electron chi connectivity index (χ3n) is 2.29. The smallest absolute Gasteiger partial charge is 0.173 e. The molecule has 3 N–H and O–H groups in total. The molecule has 1 aromatic carbocycles. The van der Waals surface area contributed by atoms with Crippen molar-refractivity contribution in [2.45, 2.75) is 6.04 Å². The maximum Gasteiger partial charge on any atom is 0.173 e. The van der Waals surface area contributed by atoms with Crippen LogP contribution in [-0.2, 0) is 9.84 Å². The van der Waals surface area contributed by atoms with Gasteiger partial charge in [-0.25, -0.2) is 8.42 Å². The van der Waals surface area contributed by atoms with Crippen molar-refractivity contribution in [1.82, 2.24) is 0 Å². The quantitative estimate of drug-likeness (QED) is 0.791. The summed E-state index contributed by atoms with van der Waals surface area (Å²) in [5.74, 6) is 0.0545. The summed E-state index contributed by atoms with van der Waals surface area (Å²) in [4.78, 5) is 0. The fraction of sp³-hybridized carbons (Fsp3) is 0.200. The minimum absolute atomic E-state index is 0.0545. The van der Waals surface area contributed by atoms with Crippen molar-refractivity contribution in [2.24, 2.45) is 0 Å². The van der Waals surface area contributed by atoms with Crippen molar-refractivity contribution in [3.63, 3.8) is 0 Å². The molecule has 16 heavy (non-hydrogen) atoms. The molecule has 0 saturated carbocycles. The van der Waals surface area contributed by atoms with Gasteiger partial charge >= 0.3 is 0 Å². The maximum absolute atomic E-state index is 11.2. The molecule has 1 heterocycles. The van der Waals surface area contributed by atoms with Gasteiger partial charge in [0.2, 0.25) is 0 Å². The molecule has 0 radical (unpaired) electrons. The molecular weight excluding hydrogens is 248 g/mol. The Bertz CT molecular complexity index is 540. The van der Waals surface area contributed by atoms with E-state index < -0.39 is 9.84 Å². The van der Waals surface area contributed by atoms with Crippen LogP contribution >= 0.6 is 11.6 Å². The van der Waals surface area contributed by atoms with Gasteiger partial charge in [0.1, 0.15) is 0 Å². The number of anilines is 2. The molecule has 1 aliphatic rings. The van der Waals surface area contributed by atoms with Crippen molar-refractivity contribution < 1.29 is 8.42 Å². The van der Waals surface area contributed by atoms with Crippen LogP contribution in [0.1, 0.15) is 0 Å². The lowest BCUT2D eigenvalue weighted by Crippen LogP contribution is -2.21. The fourth-order valence-corrected chi connectivity index (χ4v) is 2.93. The van der Waals surface area contributed by atoms with E-state index in [1.165, 1.54) is 5.41 Å². The number of rotatable bonds is 2. The van der Waals surface area contributed by atoms with Crippen molar-refractivity contribution in [2.75, 3.05) is 16.8 Å². The van der Waals surface area contributed by atoms with Crippen LogP contribution in [-0.4, -0.2) is 20.2 Å². The van der Waals surface area contributed by atoms with Crippen LogP contribution in [0, 0.1) is 0 Å². The van der Waals surface area contributed by atoms with Gasteiger partial charge in [-0.2, -0.15) is 0 Å². The molecule has 0 amide bonds. The van der Waals surface area contributed by atoms with Crippen LogP contribution in [0.2, 0.25) is 5.02 Å². The Labute approximate surface area is 99.0 Å². The first-order valence-electron chi connectivity index (χ1n) is 4.69. The van der Waals surface area contributed by atoms with Crippen molar-refractivity contribution in [3.8, 4) is 0 Å². The third-order valence-corrected chi connectivity index (χ3v) is 3.92. The van der Waals surface area contributed by atoms with Crippen molar-refractivity contribution >= 4 is 32.8 Å². The largest absolute Gasteiger partial charge is 0.397 e. The molecule has 1 atom stereocenters. The first-order chi connectivity index (χ1) is 7.46. The molecule has 1 aromatic rings. The van der Waals surface area contributed by atoms with E-state index in [0.717, 1.165) is 0 Å². The summed E-state index contributed by atoms with van der Waals surface area (Å²) in [6, 6.07) is 4.79. The summed E-state index contributed by atoms with van der Waals surface area (Å²) in [6.45, 7) is 0. The molecule has 0 spiro atoms. The molecule has 2 rings (SSSR count). The lowest BCUT2D eigenvalue weighted by molar-refractivity contribution is 0.605. The second-order valence-corrected chi connectivity index (χ2v) is 6.01. The van der Waals surface area contributed by atoms with Crippen LogP contribution in [0.5, 0.6) is 0 Å². The molecule has 6 heteroatoms. The Morgan fingerprint density at radius 2 is 2.19 bits per heavy atom. The topological polar surface area (TPSA) is 72.2 Å². The van der Waals surface area contributed by atoms with Gasteiger partial charge in [0.25, 0.3) is 0 Å². The Morgan fingerprint density at radius 3 is 2.81 bits per heavy atom. The van der Waals surface area contributed by atoms with E-state index in [9.17, 15) is 8.42 Å². The van der Waals surface area contributed by atoms with E-state index in [-0.39, 0.29) is 11.8 Å². The van der Waals surface area contributed by atoms with Crippen molar-refractivity contribution in [1.29, 1.82) is 0 Å². The van der Waals surface area contributed by atoms with Crippen LogP contribution in [0.15, 0.2) is 29.7 Å². The van der Waals surface area contributed by atoms with E-state index in [0.29, 0.717) is 16.4 Å². The number of nitrogen functional groups attached to an aromatic ring is 1. The third kappa shape index (κ3) is 2.48. The zero-order chi connectivity index (χ0) is 11.8. The lowest BCUT2D eigenvalue weighted by atomic mass is 10.2. The Hall–Kier alpha value is -1.20. The van der Waals surface area contributed by atoms with Gasteiger partial charge in [0, 0.05) is 10.4 Å². The van der Waals surface area contributed by atoms with Gasteiger partial charge in [-0.3, -0.25) is 0 Å². The van der Waals surface area contributed by atoms with Crippen LogP contribution in [0.3, 0.4) is 0 Å². The summed E-state index contributed by atoms with van der Waals surface area (Å²) < 4.78 is 22.4. The maximum atomic E-state index is 11.2. The Balaban J connectivity index is 2.17. The monoisotopic (exact) mass is 258 g/mol. The molecule has 4 nitrogen and oxygen atoms in total. The highest BCUT2D eigenvalue weighted by atomic mass is 35.5. The number of benzene rings is 1. The van der Waals surface area contributed by atoms with Crippen molar-refractivity contribution in [3.05, 3.63) is 34.7 Å². The number of nitrogens with two attached hydrogens (primary N) is 1. The molecule has 86 valence electrons. The molecule has 0 fully saturated rings. The van der Waals surface area contributed by atoms with E-state index in [1.54, 1.807) is 24.3 Å². The summed E-state index contributed by atoms with van der Waals surface area (Å²) >= 11 is 5.83. The van der Waals surface area contributed by atoms with Crippen LogP contribution < -0.4 is 11.1 Å². The second kappa shape index (κ2) is 3.99. The second-order valence-electron chi connectivity index (χ2n) is 3.64. The molecule has 1 unspecified atom stereocenters. The zero-order valence-corrected chi connectivity index (χ0v) is 9.92. The molecule has 0 aliphatic carbocycles. The first-order valence-corrected chi connectivity index (χ1v) is 6.78. The van der Waals surface area contributed by atoms with Gasteiger partial charge in [0.05, 0.1) is 23.2 Å². The summed E-state index contributed by atoms with van der Waals surface area (Å²) in [7, 11) is -3.06. The number of sulfone groups is 1. The van der Waals surface area contributed by atoms with Crippen LogP contribution in [0.25, 0.3) is 0 Å². The minimum atomic E-state index is -3.06. The summed E-state index contributed by atoms with van der Waals surface area (Å²) in [5.41, 5.74) is 6.94. The van der Waals surface area contributed by atoms with Gasteiger partial charge in [0.15, 0.2) is 9.84 Å². The molecule has 1 aliphatic heterocycles. The predicted octanol–water partition coefficient (Wildman–Crippen LogP) is 1.64. The molecule has 0 aromatic heterocycles. The minimum Gasteiger partial charge on any atom is -0.397 e. The summed E-state index contributed by atoms with van der Waals surface area (Å²) in [5, 5.41) is 4.80. The number of hydrogen-bond acceptors (Lipinski definition) is 4. The normalized spacial score (nSPS) is 22.2. The number of nitrogens with one attached hydrogen (secondary N) is 1. The number of halogens is 1. The highest BCUT2D eigenvalue weighted by Gasteiger charge is 2.21. The highest BCUT2D eigenvalue weighted by molar-refractivity contribution is 7.94. The molecular formula is C10H11ClN2O2S. The Morgan fingerprint density at radius 1 is 1.44 bits per heavy atom. The highest BCUT2D eigenvalue weighted by Crippen LogP contribution is 2.25. The van der Waals surface area contributed by atoms with E-state index in [1.807, 2.05) is 0 Å². The van der Waals surface area contributed by atoms with Crippen LogP contribution in [0.4, 0.5) is 11.4 Å². The van der Waals surface area contributed by atoms with Gasteiger partial charge < -0.3 is 11.1 Å².